The molecule has 2 aromatic rings. The molecule has 6 heteroatoms. The summed E-state index contributed by atoms with van der Waals surface area (Å²) in [5, 5.41) is 10.8. The predicted octanol–water partition coefficient (Wildman–Crippen LogP) is 2.65. The second-order valence-corrected chi connectivity index (χ2v) is 6.16. The van der Waals surface area contributed by atoms with E-state index in [1.165, 1.54) is 12.8 Å². The van der Waals surface area contributed by atoms with E-state index in [9.17, 15) is 4.79 Å². The predicted molar refractivity (Wildman–Crippen MR) is 84.7 cm³/mol. The highest BCUT2D eigenvalue weighted by Gasteiger charge is 2.18. The summed E-state index contributed by atoms with van der Waals surface area (Å²) < 4.78 is 0. The van der Waals surface area contributed by atoms with E-state index >= 15 is 0 Å². The molecule has 2 N–H and O–H groups in total. The van der Waals surface area contributed by atoms with Crippen molar-refractivity contribution in [1.29, 1.82) is 0 Å². The van der Waals surface area contributed by atoms with Gasteiger partial charge in [-0.05, 0) is 30.5 Å². The van der Waals surface area contributed by atoms with E-state index in [1.54, 1.807) is 0 Å². The maximum absolute atomic E-state index is 12.0. The van der Waals surface area contributed by atoms with Crippen LogP contribution in [0.3, 0.4) is 0 Å². The Labute approximate surface area is 134 Å². The van der Waals surface area contributed by atoms with Crippen molar-refractivity contribution < 1.29 is 4.79 Å². The smallest absolute Gasteiger partial charge is 0.227 e. The number of halogens is 1. The van der Waals surface area contributed by atoms with Crippen LogP contribution in [-0.2, 0) is 17.6 Å². The van der Waals surface area contributed by atoms with Crippen molar-refractivity contribution in [2.45, 2.75) is 44.6 Å². The topological polar surface area (TPSA) is 70.7 Å². The lowest BCUT2D eigenvalue weighted by Gasteiger charge is -2.10. The molecule has 1 heterocycles. The van der Waals surface area contributed by atoms with E-state index in [1.807, 2.05) is 24.3 Å². The fourth-order valence-corrected chi connectivity index (χ4v) is 2.91. The van der Waals surface area contributed by atoms with Crippen molar-refractivity contribution >= 4 is 17.5 Å². The minimum absolute atomic E-state index is 0.00365. The first-order valence-electron chi connectivity index (χ1n) is 7.63. The Morgan fingerprint density at radius 2 is 2.00 bits per heavy atom. The molecule has 1 aromatic heterocycles. The van der Waals surface area contributed by atoms with Crippen LogP contribution in [0.4, 0.5) is 0 Å². The maximum Gasteiger partial charge on any atom is 0.227 e. The molecule has 0 saturated heterocycles. The molecule has 1 aromatic carbocycles. The Bertz CT molecular complexity index is 632. The van der Waals surface area contributed by atoms with Crippen LogP contribution in [0.2, 0.25) is 5.02 Å². The second kappa shape index (κ2) is 6.92. The summed E-state index contributed by atoms with van der Waals surface area (Å²) in [6.07, 6.45) is 5.46. The molecule has 1 aliphatic rings. The van der Waals surface area contributed by atoms with Crippen LogP contribution in [0.5, 0.6) is 0 Å². The first-order valence-corrected chi connectivity index (χ1v) is 8.01. The van der Waals surface area contributed by atoms with Crippen LogP contribution in [0.15, 0.2) is 24.3 Å². The zero-order valence-corrected chi connectivity index (χ0v) is 13.1. The molecule has 1 aliphatic carbocycles. The highest BCUT2D eigenvalue weighted by molar-refractivity contribution is 6.30. The average Bonchev–Trinajstić information content (AvgIpc) is 3.14. The molecule has 5 nitrogen and oxygen atoms in total. The number of H-pyrrole nitrogens is 1. The van der Waals surface area contributed by atoms with Gasteiger partial charge in [-0.3, -0.25) is 9.89 Å². The molecule has 0 radical (unpaired) electrons. The SMILES string of the molecule is O=C(Cc1n[nH]c(Cc2ccc(Cl)cc2)n1)NC1CCCC1. The molecule has 0 bridgehead atoms. The molecular formula is C16H19ClN4O. The van der Waals surface area contributed by atoms with E-state index in [-0.39, 0.29) is 12.3 Å². The highest BCUT2D eigenvalue weighted by Crippen LogP contribution is 2.17. The van der Waals surface area contributed by atoms with E-state index in [2.05, 4.69) is 20.5 Å². The van der Waals surface area contributed by atoms with Crippen molar-refractivity contribution in [2.75, 3.05) is 0 Å². The Balaban J connectivity index is 1.54. The van der Waals surface area contributed by atoms with Crippen molar-refractivity contribution in [1.82, 2.24) is 20.5 Å². The molecule has 1 amide bonds. The molecule has 0 spiro atoms. The summed E-state index contributed by atoms with van der Waals surface area (Å²) in [4.78, 5) is 16.3. The summed E-state index contributed by atoms with van der Waals surface area (Å²) in [5.41, 5.74) is 1.10. The van der Waals surface area contributed by atoms with Gasteiger partial charge in [-0.25, -0.2) is 4.98 Å². The Kier molecular flexibility index (Phi) is 4.73. The van der Waals surface area contributed by atoms with Gasteiger partial charge in [0.15, 0.2) is 5.82 Å². The van der Waals surface area contributed by atoms with Gasteiger partial charge in [0, 0.05) is 17.5 Å². The van der Waals surface area contributed by atoms with Gasteiger partial charge in [0.25, 0.3) is 0 Å². The summed E-state index contributed by atoms with van der Waals surface area (Å²) in [6, 6.07) is 7.95. The third-order valence-electron chi connectivity index (χ3n) is 3.90. The molecule has 0 atom stereocenters. The number of amides is 1. The lowest BCUT2D eigenvalue weighted by molar-refractivity contribution is -0.121. The van der Waals surface area contributed by atoms with Gasteiger partial charge in [0.05, 0.1) is 6.42 Å². The maximum atomic E-state index is 12.0. The van der Waals surface area contributed by atoms with Crippen LogP contribution in [0.25, 0.3) is 0 Å². The van der Waals surface area contributed by atoms with E-state index in [0.29, 0.717) is 23.3 Å². The number of aromatic nitrogens is 3. The van der Waals surface area contributed by atoms with Gasteiger partial charge in [-0.15, -0.1) is 0 Å². The van der Waals surface area contributed by atoms with Crippen LogP contribution in [0, 0.1) is 0 Å². The first kappa shape index (κ1) is 15.0. The molecule has 3 rings (SSSR count). The molecule has 116 valence electrons. The van der Waals surface area contributed by atoms with Gasteiger partial charge in [0.2, 0.25) is 5.91 Å². The molecule has 1 saturated carbocycles. The first-order chi connectivity index (χ1) is 10.7. The Morgan fingerprint density at radius 1 is 1.27 bits per heavy atom. The number of hydrogen-bond acceptors (Lipinski definition) is 3. The normalized spacial score (nSPS) is 15.1. The number of aromatic amines is 1. The Hall–Kier alpha value is -1.88. The number of rotatable bonds is 5. The molecular weight excluding hydrogens is 300 g/mol. The lowest BCUT2D eigenvalue weighted by Crippen LogP contribution is -2.33. The minimum atomic E-state index is 0.00365. The van der Waals surface area contributed by atoms with Crippen LogP contribution < -0.4 is 5.32 Å². The summed E-state index contributed by atoms with van der Waals surface area (Å²) in [7, 11) is 0. The standard InChI is InChI=1S/C16H19ClN4O/c17-12-7-5-11(6-8-12)9-14-19-15(21-20-14)10-16(22)18-13-3-1-2-4-13/h5-8,13H,1-4,9-10H2,(H,18,22)(H,19,20,21). The second-order valence-electron chi connectivity index (χ2n) is 5.73. The summed E-state index contributed by atoms with van der Waals surface area (Å²) >= 11 is 5.87. The fourth-order valence-electron chi connectivity index (χ4n) is 2.78. The number of nitrogens with one attached hydrogen (secondary N) is 2. The molecule has 22 heavy (non-hydrogen) atoms. The third kappa shape index (κ3) is 4.07. The van der Waals surface area contributed by atoms with Crippen molar-refractivity contribution in [3.63, 3.8) is 0 Å². The van der Waals surface area contributed by atoms with Crippen molar-refractivity contribution in [3.05, 3.63) is 46.5 Å². The van der Waals surface area contributed by atoms with E-state index in [0.717, 1.165) is 24.2 Å². The summed E-state index contributed by atoms with van der Waals surface area (Å²) in [6.45, 7) is 0. The highest BCUT2D eigenvalue weighted by atomic mass is 35.5. The summed E-state index contributed by atoms with van der Waals surface area (Å²) in [5.74, 6) is 1.30. The average molecular weight is 319 g/mol. The fraction of sp³-hybridized carbons (Fsp3) is 0.438. The number of carbonyl (C=O) groups is 1. The van der Waals surface area contributed by atoms with Gasteiger partial charge >= 0.3 is 0 Å². The zero-order valence-electron chi connectivity index (χ0n) is 12.3. The van der Waals surface area contributed by atoms with Crippen LogP contribution in [-0.4, -0.2) is 27.1 Å². The quantitative estimate of drug-likeness (QED) is 0.890. The molecule has 0 aliphatic heterocycles. The molecule has 1 fully saturated rings. The number of nitrogens with zero attached hydrogens (tertiary/aromatic N) is 2. The third-order valence-corrected chi connectivity index (χ3v) is 4.15. The van der Waals surface area contributed by atoms with Gasteiger partial charge < -0.3 is 5.32 Å². The van der Waals surface area contributed by atoms with E-state index < -0.39 is 0 Å². The van der Waals surface area contributed by atoms with E-state index in [4.69, 9.17) is 11.6 Å². The zero-order chi connectivity index (χ0) is 15.4. The van der Waals surface area contributed by atoms with Crippen molar-refractivity contribution in [2.24, 2.45) is 0 Å². The number of benzene rings is 1. The number of carbonyl (C=O) groups excluding carboxylic acids is 1. The van der Waals surface area contributed by atoms with Crippen LogP contribution in [0.1, 0.15) is 42.9 Å². The lowest BCUT2D eigenvalue weighted by atomic mass is 10.1. The molecule has 0 unspecified atom stereocenters. The monoisotopic (exact) mass is 318 g/mol. The van der Waals surface area contributed by atoms with Crippen LogP contribution >= 0.6 is 11.6 Å². The largest absolute Gasteiger partial charge is 0.353 e. The van der Waals surface area contributed by atoms with Gasteiger partial charge in [-0.2, -0.15) is 5.10 Å². The minimum Gasteiger partial charge on any atom is -0.353 e. The van der Waals surface area contributed by atoms with Gasteiger partial charge in [-0.1, -0.05) is 36.6 Å². The van der Waals surface area contributed by atoms with Gasteiger partial charge in [0.1, 0.15) is 5.82 Å². The number of hydrogen-bond donors (Lipinski definition) is 2. The Morgan fingerprint density at radius 3 is 2.73 bits per heavy atom. The van der Waals surface area contributed by atoms with Crippen molar-refractivity contribution in [3.8, 4) is 0 Å².